The van der Waals surface area contributed by atoms with Gasteiger partial charge >= 0.3 is 0 Å². The minimum absolute atomic E-state index is 0.0150. The fourth-order valence-corrected chi connectivity index (χ4v) is 1.66. The van der Waals surface area contributed by atoms with Gasteiger partial charge in [-0.25, -0.2) is 0 Å². The molecule has 0 aliphatic heterocycles. The number of halogens is 1. The fraction of sp³-hybridized carbons (Fsp3) is 0.364. The van der Waals surface area contributed by atoms with Gasteiger partial charge in [0.15, 0.2) is 0 Å². The molecule has 0 unspecified atom stereocenters. The summed E-state index contributed by atoms with van der Waals surface area (Å²) in [5.41, 5.74) is 0.648. The Balaban J connectivity index is 2.96. The molecule has 0 spiro atoms. The summed E-state index contributed by atoms with van der Waals surface area (Å²) < 4.78 is 6.16. The van der Waals surface area contributed by atoms with Crippen molar-refractivity contribution in [3.05, 3.63) is 28.2 Å². The predicted octanol–water partition coefficient (Wildman–Crippen LogP) is 2.55. The van der Waals surface area contributed by atoms with Crippen LogP contribution in [0.1, 0.15) is 17.3 Å². The van der Waals surface area contributed by atoms with Crippen molar-refractivity contribution in [3.8, 4) is 5.75 Å². The summed E-state index contributed by atoms with van der Waals surface area (Å²) >= 11 is 3.37. The second kappa shape index (κ2) is 5.16. The van der Waals surface area contributed by atoms with E-state index < -0.39 is 0 Å². The Morgan fingerprint density at radius 3 is 2.60 bits per heavy atom. The lowest BCUT2D eigenvalue weighted by Gasteiger charge is -2.12. The number of rotatable bonds is 3. The van der Waals surface area contributed by atoms with E-state index in [1.54, 1.807) is 37.2 Å². The first-order valence-electron chi connectivity index (χ1n) is 4.70. The highest BCUT2D eigenvalue weighted by Crippen LogP contribution is 2.26. The number of nitrogens with zero attached hydrogens (tertiary/aromatic N) is 1. The molecule has 0 aliphatic carbocycles. The summed E-state index contributed by atoms with van der Waals surface area (Å²) in [5.74, 6) is 0.742. The van der Waals surface area contributed by atoms with Crippen molar-refractivity contribution in [2.24, 2.45) is 0 Å². The van der Waals surface area contributed by atoms with E-state index in [2.05, 4.69) is 15.9 Å². The fourth-order valence-electron chi connectivity index (χ4n) is 1.16. The SMILES string of the molecule is CCOc1ccc(C(=O)N(C)C)cc1Br. The van der Waals surface area contributed by atoms with E-state index in [1.807, 2.05) is 6.92 Å². The molecule has 0 atom stereocenters. The average molecular weight is 272 g/mol. The minimum Gasteiger partial charge on any atom is -0.493 e. The van der Waals surface area contributed by atoms with Gasteiger partial charge in [0, 0.05) is 19.7 Å². The first kappa shape index (κ1) is 12.0. The van der Waals surface area contributed by atoms with E-state index in [-0.39, 0.29) is 5.91 Å². The molecule has 0 saturated heterocycles. The molecule has 1 rings (SSSR count). The van der Waals surface area contributed by atoms with Crippen LogP contribution in [0.3, 0.4) is 0 Å². The monoisotopic (exact) mass is 271 g/mol. The van der Waals surface area contributed by atoms with Crippen LogP contribution in [0.5, 0.6) is 5.75 Å². The van der Waals surface area contributed by atoms with Crippen molar-refractivity contribution in [1.29, 1.82) is 0 Å². The molecule has 0 fully saturated rings. The lowest BCUT2D eigenvalue weighted by atomic mass is 10.2. The Morgan fingerprint density at radius 2 is 2.13 bits per heavy atom. The molecule has 1 aromatic carbocycles. The molecule has 0 aromatic heterocycles. The topological polar surface area (TPSA) is 29.5 Å². The largest absolute Gasteiger partial charge is 0.493 e. The molecule has 0 radical (unpaired) electrons. The lowest BCUT2D eigenvalue weighted by molar-refractivity contribution is 0.0827. The van der Waals surface area contributed by atoms with Crippen LogP contribution in [0.25, 0.3) is 0 Å². The highest BCUT2D eigenvalue weighted by Gasteiger charge is 2.10. The maximum absolute atomic E-state index is 11.6. The van der Waals surface area contributed by atoms with Crippen molar-refractivity contribution >= 4 is 21.8 Å². The predicted molar refractivity (Wildman–Crippen MR) is 63.3 cm³/mol. The molecule has 0 N–H and O–H groups in total. The van der Waals surface area contributed by atoms with Gasteiger partial charge < -0.3 is 9.64 Å². The Morgan fingerprint density at radius 1 is 1.47 bits per heavy atom. The summed E-state index contributed by atoms with van der Waals surface area (Å²) in [6.45, 7) is 2.53. The highest BCUT2D eigenvalue weighted by molar-refractivity contribution is 9.10. The summed E-state index contributed by atoms with van der Waals surface area (Å²) in [6, 6.07) is 5.33. The Bertz CT molecular complexity index is 364. The average Bonchev–Trinajstić information content (AvgIpc) is 2.20. The van der Waals surface area contributed by atoms with Crippen molar-refractivity contribution in [2.75, 3.05) is 20.7 Å². The van der Waals surface area contributed by atoms with Crippen LogP contribution in [-0.4, -0.2) is 31.5 Å². The van der Waals surface area contributed by atoms with Crippen molar-refractivity contribution < 1.29 is 9.53 Å². The van der Waals surface area contributed by atoms with Gasteiger partial charge in [0.25, 0.3) is 5.91 Å². The molecular formula is C11H14BrNO2. The molecular weight excluding hydrogens is 258 g/mol. The summed E-state index contributed by atoms with van der Waals surface area (Å²) in [6.07, 6.45) is 0. The first-order chi connectivity index (χ1) is 7.06. The normalized spacial score (nSPS) is 9.87. The van der Waals surface area contributed by atoms with Gasteiger partial charge in [-0.1, -0.05) is 0 Å². The number of hydrogen-bond acceptors (Lipinski definition) is 2. The minimum atomic E-state index is -0.0150. The molecule has 1 aromatic rings. The third kappa shape index (κ3) is 2.96. The second-order valence-electron chi connectivity index (χ2n) is 3.28. The molecule has 4 heteroatoms. The van der Waals surface area contributed by atoms with Gasteiger partial charge in [0.2, 0.25) is 0 Å². The van der Waals surface area contributed by atoms with Crippen LogP contribution in [0.15, 0.2) is 22.7 Å². The van der Waals surface area contributed by atoms with Gasteiger partial charge in [-0.3, -0.25) is 4.79 Å². The van der Waals surface area contributed by atoms with Crippen molar-refractivity contribution in [2.45, 2.75) is 6.92 Å². The second-order valence-corrected chi connectivity index (χ2v) is 4.13. The third-order valence-corrected chi connectivity index (χ3v) is 2.50. The number of carbonyl (C=O) groups excluding carboxylic acids is 1. The van der Waals surface area contributed by atoms with Crippen molar-refractivity contribution in [3.63, 3.8) is 0 Å². The van der Waals surface area contributed by atoms with Crippen molar-refractivity contribution in [1.82, 2.24) is 4.90 Å². The zero-order chi connectivity index (χ0) is 11.4. The van der Waals surface area contributed by atoms with Crippen LogP contribution in [0, 0.1) is 0 Å². The van der Waals surface area contributed by atoms with Crippen LogP contribution < -0.4 is 4.74 Å². The number of amides is 1. The third-order valence-electron chi connectivity index (χ3n) is 1.88. The smallest absolute Gasteiger partial charge is 0.253 e. The number of carbonyl (C=O) groups is 1. The zero-order valence-electron chi connectivity index (χ0n) is 9.08. The molecule has 0 bridgehead atoms. The Kier molecular flexibility index (Phi) is 4.15. The molecule has 0 saturated carbocycles. The summed E-state index contributed by atoms with van der Waals surface area (Å²) in [4.78, 5) is 13.2. The van der Waals surface area contributed by atoms with Gasteiger partial charge in [0.1, 0.15) is 5.75 Å². The quantitative estimate of drug-likeness (QED) is 0.846. The lowest BCUT2D eigenvalue weighted by Crippen LogP contribution is -2.21. The molecule has 0 aliphatic rings. The van der Waals surface area contributed by atoms with Gasteiger partial charge in [-0.2, -0.15) is 0 Å². The van der Waals surface area contributed by atoms with E-state index >= 15 is 0 Å². The Hall–Kier alpha value is -1.03. The maximum atomic E-state index is 11.6. The zero-order valence-corrected chi connectivity index (χ0v) is 10.7. The van der Waals surface area contributed by atoms with Crippen LogP contribution in [0.4, 0.5) is 0 Å². The van der Waals surface area contributed by atoms with E-state index in [4.69, 9.17) is 4.74 Å². The standard InChI is InChI=1S/C11H14BrNO2/c1-4-15-10-6-5-8(7-9(10)12)11(14)13(2)3/h5-7H,4H2,1-3H3. The number of ether oxygens (including phenoxy) is 1. The number of benzene rings is 1. The van der Waals surface area contributed by atoms with E-state index in [0.29, 0.717) is 12.2 Å². The molecule has 15 heavy (non-hydrogen) atoms. The van der Waals surface area contributed by atoms with Gasteiger partial charge in [-0.05, 0) is 41.1 Å². The van der Waals surface area contributed by atoms with E-state index in [1.165, 1.54) is 0 Å². The summed E-state index contributed by atoms with van der Waals surface area (Å²) in [7, 11) is 3.46. The maximum Gasteiger partial charge on any atom is 0.253 e. The van der Waals surface area contributed by atoms with Gasteiger partial charge in [0.05, 0.1) is 11.1 Å². The van der Waals surface area contributed by atoms with E-state index in [0.717, 1.165) is 10.2 Å². The molecule has 1 amide bonds. The van der Waals surface area contributed by atoms with Crippen LogP contribution >= 0.6 is 15.9 Å². The molecule has 3 nitrogen and oxygen atoms in total. The van der Waals surface area contributed by atoms with Gasteiger partial charge in [-0.15, -0.1) is 0 Å². The summed E-state index contributed by atoms with van der Waals surface area (Å²) in [5, 5.41) is 0. The Labute approximate surface area is 98.2 Å². The van der Waals surface area contributed by atoms with Crippen LogP contribution in [0.2, 0.25) is 0 Å². The molecule has 82 valence electrons. The molecule has 0 heterocycles. The van der Waals surface area contributed by atoms with Crippen LogP contribution in [-0.2, 0) is 0 Å². The number of hydrogen-bond donors (Lipinski definition) is 0. The highest BCUT2D eigenvalue weighted by atomic mass is 79.9. The van der Waals surface area contributed by atoms with E-state index in [9.17, 15) is 4.79 Å². The first-order valence-corrected chi connectivity index (χ1v) is 5.49.